The molecule has 164 valence electrons. The Balaban J connectivity index is 2.01. The molecule has 0 saturated carbocycles. The number of carbonyl (C=O) groups excluding carboxylic acids is 1. The van der Waals surface area contributed by atoms with Crippen molar-refractivity contribution in [3.8, 4) is 11.5 Å². The molecular weight excluding hydrogens is 410 g/mol. The molecule has 3 rings (SSSR count). The minimum Gasteiger partial charge on any atom is -0.497 e. The predicted octanol–water partition coefficient (Wildman–Crippen LogP) is 5.01. The van der Waals surface area contributed by atoms with Crippen molar-refractivity contribution in [3.05, 3.63) is 65.4 Å². The summed E-state index contributed by atoms with van der Waals surface area (Å²) in [5.41, 5.74) is 2.88. The number of thioether (sulfide) groups is 1. The third-order valence-corrected chi connectivity index (χ3v) is 6.10. The molecule has 1 aliphatic rings. The molecule has 2 N–H and O–H groups in total. The monoisotopic (exact) mass is 439 g/mol. The number of ether oxygens (including phenoxy) is 2. The van der Waals surface area contributed by atoms with Crippen LogP contribution in [0.5, 0.6) is 11.5 Å². The summed E-state index contributed by atoms with van der Waals surface area (Å²) in [6.45, 7) is 6.25. The van der Waals surface area contributed by atoms with Gasteiger partial charge in [0.2, 0.25) is 0 Å². The van der Waals surface area contributed by atoms with Crippen LogP contribution in [0.15, 0.2) is 64.8 Å². The van der Waals surface area contributed by atoms with E-state index in [4.69, 9.17) is 14.5 Å². The highest BCUT2D eigenvalue weighted by atomic mass is 32.2. The number of amides is 1. The van der Waals surface area contributed by atoms with E-state index >= 15 is 0 Å². The Bertz CT molecular complexity index is 987. The minimum atomic E-state index is -0.500. The Kier molecular flexibility index (Phi) is 7.63. The number of hydrogen-bond acceptors (Lipinski definition) is 6. The van der Waals surface area contributed by atoms with E-state index in [-0.39, 0.29) is 5.91 Å². The van der Waals surface area contributed by atoms with Crippen LogP contribution in [0.25, 0.3) is 0 Å². The van der Waals surface area contributed by atoms with Crippen LogP contribution >= 0.6 is 11.8 Å². The van der Waals surface area contributed by atoms with Crippen LogP contribution < -0.4 is 20.1 Å². The fourth-order valence-electron chi connectivity index (χ4n) is 3.25. The number of aliphatic imine (C=N–C) groups is 1. The molecule has 0 saturated heterocycles. The molecule has 31 heavy (non-hydrogen) atoms. The lowest BCUT2D eigenvalue weighted by atomic mass is 9.95. The predicted molar refractivity (Wildman–Crippen MR) is 128 cm³/mol. The van der Waals surface area contributed by atoms with Crippen molar-refractivity contribution in [3.63, 3.8) is 0 Å². The molecule has 0 radical (unpaired) electrons. The Hall–Kier alpha value is -2.93. The van der Waals surface area contributed by atoms with Gasteiger partial charge in [-0.15, -0.1) is 0 Å². The SMILES string of the molecule is COc1ccc([C@@H]2N=C(SCC(C)C)NC(C)=C2C(=O)Nc2ccccc2)c(OC)c1. The maximum atomic E-state index is 13.3. The van der Waals surface area contributed by atoms with Crippen molar-refractivity contribution in [1.82, 2.24) is 5.32 Å². The third kappa shape index (κ3) is 5.61. The zero-order valence-electron chi connectivity index (χ0n) is 18.6. The Morgan fingerprint density at radius 3 is 2.55 bits per heavy atom. The van der Waals surface area contributed by atoms with Gasteiger partial charge in [-0.1, -0.05) is 43.8 Å². The van der Waals surface area contributed by atoms with Gasteiger partial charge in [0, 0.05) is 28.8 Å². The summed E-state index contributed by atoms with van der Waals surface area (Å²) in [5, 5.41) is 7.10. The van der Waals surface area contributed by atoms with E-state index in [9.17, 15) is 4.79 Å². The molecule has 0 unspecified atom stereocenters. The highest BCUT2D eigenvalue weighted by molar-refractivity contribution is 8.13. The third-order valence-electron chi connectivity index (χ3n) is 4.78. The lowest BCUT2D eigenvalue weighted by Gasteiger charge is -2.27. The second-order valence-corrected chi connectivity index (χ2v) is 8.64. The molecule has 2 aromatic rings. The topological polar surface area (TPSA) is 72.0 Å². The lowest BCUT2D eigenvalue weighted by molar-refractivity contribution is -0.113. The standard InChI is InChI=1S/C24H29N3O3S/c1-15(2)14-31-24-25-16(3)21(23(28)26-17-9-7-6-8-10-17)22(27-24)19-12-11-18(29-4)13-20(19)30-5/h6-13,15,22H,14H2,1-5H3,(H,25,27)(H,26,28)/t22-/m0/s1. The number of nitrogens with zero attached hydrogens (tertiary/aromatic N) is 1. The summed E-state index contributed by atoms with van der Waals surface area (Å²) in [6.07, 6.45) is 0. The number of methoxy groups -OCH3 is 2. The molecule has 1 aliphatic heterocycles. The van der Waals surface area contributed by atoms with Gasteiger partial charge in [-0.05, 0) is 37.1 Å². The number of allylic oxidation sites excluding steroid dienone is 1. The van der Waals surface area contributed by atoms with E-state index in [1.54, 1.807) is 26.0 Å². The van der Waals surface area contributed by atoms with Gasteiger partial charge in [-0.2, -0.15) is 0 Å². The number of anilines is 1. The molecule has 1 heterocycles. The number of hydrogen-bond donors (Lipinski definition) is 2. The van der Waals surface area contributed by atoms with Crippen molar-refractivity contribution in [2.45, 2.75) is 26.8 Å². The second-order valence-electron chi connectivity index (χ2n) is 7.63. The van der Waals surface area contributed by atoms with Gasteiger partial charge >= 0.3 is 0 Å². The van der Waals surface area contributed by atoms with Crippen LogP contribution in [-0.2, 0) is 4.79 Å². The van der Waals surface area contributed by atoms with Crippen molar-refractivity contribution in [2.24, 2.45) is 10.9 Å². The summed E-state index contributed by atoms with van der Waals surface area (Å²) < 4.78 is 11.0. The number of amidine groups is 1. The van der Waals surface area contributed by atoms with Gasteiger partial charge in [0.25, 0.3) is 5.91 Å². The summed E-state index contributed by atoms with van der Waals surface area (Å²) in [7, 11) is 3.22. The summed E-state index contributed by atoms with van der Waals surface area (Å²) in [6, 6.07) is 14.5. The molecular formula is C24H29N3O3S. The van der Waals surface area contributed by atoms with Crippen molar-refractivity contribution >= 4 is 28.5 Å². The maximum absolute atomic E-state index is 13.3. The minimum absolute atomic E-state index is 0.198. The molecule has 0 bridgehead atoms. The van der Waals surface area contributed by atoms with E-state index in [0.717, 1.165) is 27.9 Å². The van der Waals surface area contributed by atoms with Gasteiger partial charge in [-0.25, -0.2) is 4.99 Å². The van der Waals surface area contributed by atoms with E-state index < -0.39 is 6.04 Å². The zero-order chi connectivity index (χ0) is 22.4. The van der Waals surface area contributed by atoms with Crippen LogP contribution in [0.1, 0.15) is 32.4 Å². The first-order chi connectivity index (χ1) is 14.9. The summed E-state index contributed by atoms with van der Waals surface area (Å²) >= 11 is 1.65. The summed E-state index contributed by atoms with van der Waals surface area (Å²) in [4.78, 5) is 18.2. The fraction of sp³-hybridized carbons (Fsp3) is 0.333. The average molecular weight is 440 g/mol. The van der Waals surface area contributed by atoms with E-state index in [0.29, 0.717) is 23.0 Å². The zero-order valence-corrected chi connectivity index (χ0v) is 19.4. The number of para-hydroxylation sites is 1. The van der Waals surface area contributed by atoms with Crippen molar-refractivity contribution in [2.75, 3.05) is 25.3 Å². The van der Waals surface area contributed by atoms with Gasteiger partial charge in [0.15, 0.2) is 5.17 Å². The molecule has 1 amide bonds. The molecule has 2 aromatic carbocycles. The molecule has 0 aliphatic carbocycles. The molecule has 6 nitrogen and oxygen atoms in total. The molecule has 0 spiro atoms. The molecule has 0 aromatic heterocycles. The van der Waals surface area contributed by atoms with Gasteiger partial charge in [-0.3, -0.25) is 4.79 Å². The first-order valence-electron chi connectivity index (χ1n) is 10.2. The fourth-order valence-corrected chi connectivity index (χ4v) is 4.15. The van der Waals surface area contributed by atoms with Crippen LogP contribution in [0.2, 0.25) is 0 Å². The number of benzene rings is 2. The highest BCUT2D eigenvalue weighted by Crippen LogP contribution is 2.39. The first kappa shape index (κ1) is 22.7. The van der Waals surface area contributed by atoms with Crippen LogP contribution in [0.3, 0.4) is 0 Å². The van der Waals surface area contributed by atoms with Gasteiger partial charge < -0.3 is 20.1 Å². The highest BCUT2D eigenvalue weighted by Gasteiger charge is 2.31. The first-order valence-corrected chi connectivity index (χ1v) is 11.2. The second kappa shape index (κ2) is 10.4. The smallest absolute Gasteiger partial charge is 0.255 e. The van der Waals surface area contributed by atoms with E-state index in [1.807, 2.05) is 55.5 Å². The van der Waals surface area contributed by atoms with Gasteiger partial charge in [0.05, 0.1) is 19.8 Å². The lowest BCUT2D eigenvalue weighted by Crippen LogP contribution is -2.32. The molecule has 1 atom stereocenters. The molecule has 7 heteroatoms. The average Bonchev–Trinajstić information content (AvgIpc) is 2.77. The maximum Gasteiger partial charge on any atom is 0.255 e. The van der Waals surface area contributed by atoms with Crippen molar-refractivity contribution in [1.29, 1.82) is 0 Å². The largest absolute Gasteiger partial charge is 0.497 e. The van der Waals surface area contributed by atoms with E-state index in [2.05, 4.69) is 24.5 Å². The molecule has 0 fully saturated rings. The normalized spacial score (nSPS) is 15.9. The van der Waals surface area contributed by atoms with Crippen molar-refractivity contribution < 1.29 is 14.3 Å². The van der Waals surface area contributed by atoms with Crippen LogP contribution in [-0.4, -0.2) is 31.0 Å². The van der Waals surface area contributed by atoms with Crippen LogP contribution in [0.4, 0.5) is 5.69 Å². The van der Waals surface area contributed by atoms with Gasteiger partial charge in [0.1, 0.15) is 17.5 Å². The number of nitrogens with one attached hydrogen (secondary N) is 2. The summed E-state index contributed by atoms with van der Waals surface area (Å²) in [5.74, 6) is 2.56. The Morgan fingerprint density at radius 2 is 1.90 bits per heavy atom. The van der Waals surface area contributed by atoms with Crippen LogP contribution in [0, 0.1) is 5.92 Å². The Morgan fingerprint density at radius 1 is 1.16 bits per heavy atom. The number of rotatable bonds is 7. The Labute approximate surface area is 188 Å². The quantitative estimate of drug-likeness (QED) is 0.635. The van der Waals surface area contributed by atoms with E-state index in [1.165, 1.54) is 0 Å². The number of carbonyl (C=O) groups is 1.